The van der Waals surface area contributed by atoms with E-state index < -0.39 is 20.7 Å². The van der Waals surface area contributed by atoms with Gasteiger partial charge in [-0.25, -0.2) is 17.1 Å². The maximum absolute atomic E-state index is 13.7. The standard InChI is InChI=1S/C10H9BrFN3O2S2/c1-6-13-14-10(18-6)15(2)19(16,17)9-5-7(11)3-4-8(9)12/h3-5H,1-2H3. The van der Waals surface area contributed by atoms with Crippen molar-refractivity contribution in [3.8, 4) is 0 Å². The molecule has 0 aliphatic carbocycles. The van der Waals surface area contributed by atoms with Gasteiger partial charge in [-0.15, -0.1) is 10.2 Å². The fourth-order valence-corrected chi connectivity index (χ4v) is 3.94. The average molecular weight is 366 g/mol. The van der Waals surface area contributed by atoms with Gasteiger partial charge in [-0.05, 0) is 25.1 Å². The number of anilines is 1. The molecule has 1 aromatic carbocycles. The third-order valence-corrected chi connectivity index (χ3v) is 5.60. The van der Waals surface area contributed by atoms with Gasteiger partial charge in [0.05, 0.1) is 0 Å². The average Bonchev–Trinajstić information content (AvgIpc) is 2.77. The second-order valence-corrected chi connectivity index (χ2v) is 7.66. The fraction of sp³-hybridized carbons (Fsp3) is 0.200. The van der Waals surface area contributed by atoms with Crippen LogP contribution in [0, 0.1) is 12.7 Å². The van der Waals surface area contributed by atoms with Crippen molar-refractivity contribution in [1.29, 1.82) is 0 Å². The highest BCUT2D eigenvalue weighted by Crippen LogP contribution is 2.27. The van der Waals surface area contributed by atoms with E-state index in [1.54, 1.807) is 6.92 Å². The van der Waals surface area contributed by atoms with Crippen LogP contribution < -0.4 is 4.31 Å². The molecule has 9 heteroatoms. The van der Waals surface area contributed by atoms with Gasteiger partial charge in [-0.1, -0.05) is 27.3 Å². The van der Waals surface area contributed by atoms with Crippen LogP contribution in [0.2, 0.25) is 0 Å². The molecule has 0 unspecified atom stereocenters. The lowest BCUT2D eigenvalue weighted by Gasteiger charge is -2.16. The number of sulfonamides is 1. The molecule has 5 nitrogen and oxygen atoms in total. The van der Waals surface area contributed by atoms with Crippen molar-refractivity contribution in [2.45, 2.75) is 11.8 Å². The van der Waals surface area contributed by atoms with E-state index >= 15 is 0 Å². The first-order chi connectivity index (χ1) is 8.82. The van der Waals surface area contributed by atoms with E-state index in [1.807, 2.05) is 0 Å². The van der Waals surface area contributed by atoms with Gasteiger partial charge < -0.3 is 0 Å². The normalized spacial score (nSPS) is 11.6. The van der Waals surface area contributed by atoms with Crippen molar-refractivity contribution >= 4 is 42.4 Å². The predicted octanol–water partition coefficient (Wildman–Crippen LogP) is 2.57. The minimum atomic E-state index is -4.00. The Bertz CT molecular complexity index is 717. The highest BCUT2D eigenvalue weighted by molar-refractivity contribution is 9.10. The third kappa shape index (κ3) is 2.77. The van der Waals surface area contributed by atoms with Crippen molar-refractivity contribution in [2.75, 3.05) is 11.4 Å². The summed E-state index contributed by atoms with van der Waals surface area (Å²) in [6, 6.07) is 3.74. The van der Waals surface area contributed by atoms with Gasteiger partial charge in [0.2, 0.25) is 5.13 Å². The Morgan fingerprint density at radius 1 is 1.37 bits per heavy atom. The molecule has 0 aliphatic heterocycles. The van der Waals surface area contributed by atoms with Crippen molar-refractivity contribution in [1.82, 2.24) is 10.2 Å². The number of nitrogens with zero attached hydrogens (tertiary/aromatic N) is 3. The lowest BCUT2D eigenvalue weighted by molar-refractivity contribution is 0.565. The fourth-order valence-electron chi connectivity index (χ4n) is 1.34. The summed E-state index contributed by atoms with van der Waals surface area (Å²) in [7, 11) is -2.68. The van der Waals surface area contributed by atoms with Gasteiger partial charge in [-0.3, -0.25) is 0 Å². The summed E-state index contributed by atoms with van der Waals surface area (Å²) in [5, 5.41) is 8.31. The van der Waals surface area contributed by atoms with Crippen LogP contribution in [0.25, 0.3) is 0 Å². The van der Waals surface area contributed by atoms with Crippen LogP contribution in [0.3, 0.4) is 0 Å². The van der Waals surface area contributed by atoms with Crippen molar-refractivity contribution in [2.24, 2.45) is 0 Å². The highest BCUT2D eigenvalue weighted by atomic mass is 79.9. The molecule has 1 heterocycles. The van der Waals surface area contributed by atoms with E-state index in [0.29, 0.717) is 9.48 Å². The molecule has 0 radical (unpaired) electrons. The number of benzene rings is 1. The van der Waals surface area contributed by atoms with Gasteiger partial charge >= 0.3 is 0 Å². The summed E-state index contributed by atoms with van der Waals surface area (Å²) in [5.74, 6) is -0.809. The Morgan fingerprint density at radius 2 is 2.05 bits per heavy atom. The van der Waals surface area contributed by atoms with Crippen LogP contribution in [0.5, 0.6) is 0 Å². The number of halogens is 2. The highest BCUT2D eigenvalue weighted by Gasteiger charge is 2.27. The van der Waals surface area contributed by atoms with Gasteiger partial charge in [-0.2, -0.15) is 0 Å². The summed E-state index contributed by atoms with van der Waals surface area (Å²) in [5.41, 5.74) is 0. The first-order valence-corrected chi connectivity index (χ1v) is 8.11. The van der Waals surface area contributed by atoms with Crippen LogP contribution in [0.4, 0.5) is 9.52 Å². The summed E-state index contributed by atoms with van der Waals surface area (Å²) >= 11 is 4.24. The lowest BCUT2D eigenvalue weighted by atomic mass is 10.3. The zero-order chi connectivity index (χ0) is 14.2. The maximum Gasteiger partial charge on any atom is 0.268 e. The van der Waals surface area contributed by atoms with Crippen LogP contribution >= 0.6 is 27.3 Å². The molecule has 0 bridgehead atoms. The number of rotatable bonds is 3. The Labute approximate surface area is 122 Å². The van der Waals surface area contributed by atoms with Gasteiger partial charge in [0.15, 0.2) is 0 Å². The smallest absolute Gasteiger partial charge is 0.243 e. The largest absolute Gasteiger partial charge is 0.268 e. The Kier molecular flexibility index (Phi) is 3.88. The zero-order valence-electron chi connectivity index (χ0n) is 9.96. The van der Waals surface area contributed by atoms with Gasteiger partial charge in [0.25, 0.3) is 10.0 Å². The van der Waals surface area contributed by atoms with Gasteiger partial charge in [0, 0.05) is 11.5 Å². The van der Waals surface area contributed by atoms with Crippen molar-refractivity contribution < 1.29 is 12.8 Å². The minimum Gasteiger partial charge on any atom is -0.243 e. The molecule has 0 fully saturated rings. The SMILES string of the molecule is Cc1nnc(N(C)S(=O)(=O)c2cc(Br)ccc2F)s1. The third-order valence-electron chi connectivity index (χ3n) is 2.32. The molecule has 2 rings (SSSR count). The molecule has 0 atom stereocenters. The molecule has 102 valence electrons. The Balaban J connectivity index is 2.50. The molecule has 0 aliphatic rings. The van der Waals surface area contributed by atoms with Gasteiger partial charge in [0.1, 0.15) is 15.7 Å². The molecule has 0 saturated carbocycles. The topological polar surface area (TPSA) is 63.2 Å². The number of aromatic nitrogens is 2. The summed E-state index contributed by atoms with van der Waals surface area (Å²) < 4.78 is 39.7. The predicted molar refractivity (Wildman–Crippen MR) is 74.3 cm³/mol. The zero-order valence-corrected chi connectivity index (χ0v) is 13.2. The minimum absolute atomic E-state index is 0.192. The number of hydrogen-bond donors (Lipinski definition) is 0. The number of aryl methyl sites for hydroxylation is 1. The van der Waals surface area contributed by atoms with E-state index in [1.165, 1.54) is 19.2 Å². The maximum atomic E-state index is 13.7. The first-order valence-electron chi connectivity index (χ1n) is 5.06. The van der Waals surface area contributed by atoms with E-state index in [2.05, 4.69) is 26.1 Å². The van der Waals surface area contributed by atoms with E-state index in [-0.39, 0.29) is 5.13 Å². The molecular formula is C10H9BrFN3O2S2. The summed E-state index contributed by atoms with van der Waals surface area (Å²) in [6.45, 7) is 1.71. The number of hydrogen-bond acceptors (Lipinski definition) is 5. The van der Waals surface area contributed by atoms with Crippen LogP contribution in [0.1, 0.15) is 5.01 Å². The summed E-state index contributed by atoms with van der Waals surface area (Å²) in [6.07, 6.45) is 0. The molecule has 1 aromatic heterocycles. The van der Waals surface area contributed by atoms with E-state index in [0.717, 1.165) is 21.7 Å². The molecule has 0 spiro atoms. The van der Waals surface area contributed by atoms with Crippen LogP contribution in [0.15, 0.2) is 27.6 Å². The molecule has 0 amide bonds. The van der Waals surface area contributed by atoms with Crippen molar-refractivity contribution in [3.63, 3.8) is 0 Å². The first kappa shape index (κ1) is 14.4. The van der Waals surface area contributed by atoms with Crippen LogP contribution in [-0.4, -0.2) is 25.7 Å². The molecule has 0 N–H and O–H groups in total. The second-order valence-electron chi connectivity index (χ2n) is 3.65. The van der Waals surface area contributed by atoms with E-state index in [9.17, 15) is 12.8 Å². The quantitative estimate of drug-likeness (QED) is 0.838. The van der Waals surface area contributed by atoms with E-state index in [4.69, 9.17) is 0 Å². The summed E-state index contributed by atoms with van der Waals surface area (Å²) in [4.78, 5) is -0.405. The van der Waals surface area contributed by atoms with Crippen molar-refractivity contribution in [3.05, 3.63) is 33.5 Å². The lowest BCUT2D eigenvalue weighted by Crippen LogP contribution is -2.27. The molecule has 2 aromatic rings. The Hall–Kier alpha value is -1.06. The molecule has 19 heavy (non-hydrogen) atoms. The second kappa shape index (κ2) is 5.14. The molecule has 0 saturated heterocycles. The monoisotopic (exact) mass is 365 g/mol. The molecular weight excluding hydrogens is 357 g/mol. The van der Waals surface area contributed by atoms with Crippen LogP contribution in [-0.2, 0) is 10.0 Å². The Morgan fingerprint density at radius 3 is 2.63 bits per heavy atom.